The van der Waals surface area contributed by atoms with Crippen molar-refractivity contribution in [1.82, 2.24) is 0 Å². The van der Waals surface area contributed by atoms with Gasteiger partial charge in [-0.05, 0) is 29.3 Å². The Labute approximate surface area is 189 Å². The van der Waals surface area contributed by atoms with Crippen molar-refractivity contribution in [3.8, 4) is 0 Å². The minimum Gasteiger partial charge on any atom is -0.396 e. The van der Waals surface area contributed by atoms with Crippen LogP contribution >= 0.6 is 6.89 Å². The van der Waals surface area contributed by atoms with Gasteiger partial charge in [-0.1, -0.05) is 103 Å². The average Bonchev–Trinajstić information content (AvgIpc) is 2.87. The van der Waals surface area contributed by atoms with Gasteiger partial charge in [0.2, 0.25) is 0 Å². The molecule has 0 aromatic heterocycles. The lowest BCUT2D eigenvalue weighted by molar-refractivity contribution is -0.243. The summed E-state index contributed by atoms with van der Waals surface area (Å²) in [5.74, 6) is 0. The Kier molecular flexibility index (Phi) is 14.0. The molecule has 0 spiro atoms. The molecule has 3 nitrogen and oxygen atoms in total. The smallest absolute Gasteiger partial charge is 0.172 e. The molecule has 0 aliphatic carbocycles. The van der Waals surface area contributed by atoms with Gasteiger partial charge in [-0.15, -0.1) is 0 Å². The van der Waals surface area contributed by atoms with Gasteiger partial charge in [-0.3, -0.25) is 0 Å². The summed E-state index contributed by atoms with van der Waals surface area (Å²) in [5.41, 5.74) is 3.56. The molecule has 0 heterocycles. The minimum absolute atomic E-state index is 0.319. The summed E-state index contributed by atoms with van der Waals surface area (Å²) in [6.45, 7) is 2.53. The molecule has 0 saturated carbocycles. The minimum atomic E-state index is -2.10. The molecule has 6 heteroatoms. The summed E-state index contributed by atoms with van der Waals surface area (Å²) in [4.78, 5) is 10.2. The standard InChI is InChI=1S/C22H21O2P.C3H8O.B2/c1-2-23-24-18-19-25(20-12-6-3-7-13-20,21-14-8-4-9-15-21)22-16-10-5-11-17-22;1-2-3-4;1-2/h3-18H,2H2,1H3;4H,2-3H2,1H3;. The molecule has 0 saturated heterocycles. The highest BCUT2D eigenvalue weighted by Crippen LogP contribution is 2.42. The fourth-order valence-electron chi connectivity index (χ4n) is 2.83. The second-order valence-electron chi connectivity index (χ2n) is 6.15. The third-order valence-corrected chi connectivity index (χ3v) is 7.85. The Bertz CT molecular complexity index is 808. The van der Waals surface area contributed by atoms with Crippen LogP contribution < -0.4 is 15.9 Å². The van der Waals surface area contributed by atoms with E-state index in [1.165, 1.54) is 15.9 Å². The molecule has 158 valence electrons. The third kappa shape index (κ3) is 7.98. The zero-order chi connectivity index (χ0) is 22.8. The fraction of sp³-hybridized carbons (Fsp3) is 0.200. The van der Waals surface area contributed by atoms with Crippen molar-refractivity contribution in [2.45, 2.75) is 20.3 Å². The van der Waals surface area contributed by atoms with Gasteiger partial charge < -0.3 is 9.99 Å². The Morgan fingerprint density at radius 3 is 1.42 bits per heavy atom. The summed E-state index contributed by atoms with van der Waals surface area (Å²) < 4.78 is 0. The largest absolute Gasteiger partial charge is 0.396 e. The van der Waals surface area contributed by atoms with E-state index < -0.39 is 6.89 Å². The number of benzene rings is 3. The Morgan fingerprint density at radius 1 is 0.774 bits per heavy atom. The number of aliphatic hydroxyl groups excluding tert-OH is 1. The summed E-state index contributed by atoms with van der Waals surface area (Å²) in [6.07, 6.45) is 2.43. The van der Waals surface area contributed by atoms with Crippen LogP contribution in [0.4, 0.5) is 0 Å². The summed E-state index contributed by atoms with van der Waals surface area (Å²) in [6, 6.07) is 31.5. The quantitative estimate of drug-likeness (QED) is 0.156. The number of aliphatic hydroxyl groups is 1. The molecule has 3 aromatic rings. The molecule has 0 atom stereocenters. The van der Waals surface area contributed by atoms with Gasteiger partial charge in [-0.2, -0.15) is 4.89 Å². The summed E-state index contributed by atoms with van der Waals surface area (Å²) >= 11 is 0. The van der Waals surface area contributed by atoms with Crippen LogP contribution in [0, 0.1) is 0 Å². The van der Waals surface area contributed by atoms with Crippen molar-refractivity contribution in [2.24, 2.45) is 0 Å². The van der Waals surface area contributed by atoms with Crippen LogP contribution in [0.15, 0.2) is 97.3 Å². The van der Waals surface area contributed by atoms with Crippen molar-refractivity contribution in [3.05, 3.63) is 97.3 Å². The van der Waals surface area contributed by atoms with Crippen LogP contribution in [0.2, 0.25) is 0 Å². The molecule has 0 aliphatic heterocycles. The molecular formula is C25H29B2O3P. The van der Waals surface area contributed by atoms with Gasteiger partial charge in [0, 0.05) is 29.0 Å². The molecule has 4 radical (unpaired) electrons. The first-order valence-corrected chi connectivity index (χ1v) is 12.0. The van der Waals surface area contributed by atoms with E-state index in [9.17, 15) is 0 Å². The van der Waals surface area contributed by atoms with Crippen LogP contribution in [-0.2, 0) is 9.78 Å². The van der Waals surface area contributed by atoms with Gasteiger partial charge >= 0.3 is 0 Å². The van der Waals surface area contributed by atoms with Crippen molar-refractivity contribution in [2.75, 3.05) is 13.2 Å². The summed E-state index contributed by atoms with van der Waals surface area (Å²) in [7, 11) is 8.00. The first kappa shape index (κ1) is 26.6. The second kappa shape index (κ2) is 16.3. The Balaban J connectivity index is 0.000000720. The van der Waals surface area contributed by atoms with Gasteiger partial charge in [0.1, 0.15) is 0 Å². The van der Waals surface area contributed by atoms with Gasteiger partial charge in [-0.25, -0.2) is 0 Å². The van der Waals surface area contributed by atoms with Gasteiger partial charge in [0.25, 0.3) is 0 Å². The monoisotopic (exact) mass is 430 g/mol. The molecule has 0 bridgehead atoms. The van der Waals surface area contributed by atoms with E-state index in [-0.39, 0.29) is 0 Å². The molecule has 0 unspecified atom stereocenters. The second-order valence-corrected chi connectivity index (χ2v) is 9.30. The van der Waals surface area contributed by atoms with Crippen LogP contribution in [0.5, 0.6) is 0 Å². The lowest BCUT2D eigenvalue weighted by Crippen LogP contribution is -2.25. The molecule has 31 heavy (non-hydrogen) atoms. The predicted octanol–water partition coefficient (Wildman–Crippen LogP) is 3.49. The van der Waals surface area contributed by atoms with Crippen molar-refractivity contribution >= 4 is 43.7 Å². The maximum absolute atomic E-state index is 7.88. The SMILES string of the molecule is CCCO.CCOOC=C=P(c1ccccc1)(c1ccccc1)c1ccccc1.[B][B]. The summed E-state index contributed by atoms with van der Waals surface area (Å²) in [5, 5.41) is 11.6. The van der Waals surface area contributed by atoms with E-state index in [4.69, 9.17) is 14.9 Å². The van der Waals surface area contributed by atoms with E-state index >= 15 is 0 Å². The fourth-order valence-corrected chi connectivity index (χ4v) is 6.23. The number of hydrogen-bond acceptors (Lipinski definition) is 3. The average molecular weight is 430 g/mol. The Hall–Kier alpha value is -2.41. The third-order valence-electron chi connectivity index (χ3n) is 4.13. The van der Waals surface area contributed by atoms with Crippen molar-refractivity contribution < 1.29 is 14.9 Å². The van der Waals surface area contributed by atoms with Crippen molar-refractivity contribution in [3.63, 3.8) is 0 Å². The van der Waals surface area contributed by atoms with Crippen LogP contribution in [0.3, 0.4) is 0 Å². The lowest BCUT2D eigenvalue weighted by atomic mass is 9.81. The normalized spacial score (nSPS) is 9.77. The number of hydrogen-bond donors (Lipinski definition) is 1. The highest BCUT2D eigenvalue weighted by atomic mass is 31.2. The van der Waals surface area contributed by atoms with E-state index in [2.05, 4.69) is 93.7 Å². The maximum Gasteiger partial charge on any atom is 0.172 e. The molecule has 0 aliphatic rings. The molecule has 0 fully saturated rings. The van der Waals surface area contributed by atoms with Gasteiger partial charge in [0.05, 0.1) is 6.61 Å². The maximum atomic E-state index is 7.88. The van der Waals surface area contributed by atoms with Gasteiger partial charge in [0.15, 0.2) is 6.26 Å². The highest BCUT2D eigenvalue weighted by molar-refractivity contribution is 7.94. The lowest BCUT2D eigenvalue weighted by Gasteiger charge is -2.25. The zero-order valence-electron chi connectivity index (χ0n) is 18.2. The van der Waals surface area contributed by atoms with Crippen LogP contribution in [-0.4, -0.2) is 39.2 Å². The zero-order valence-corrected chi connectivity index (χ0v) is 19.1. The molecule has 1 N–H and O–H groups in total. The topological polar surface area (TPSA) is 38.7 Å². The van der Waals surface area contributed by atoms with Crippen LogP contribution in [0.1, 0.15) is 20.3 Å². The van der Waals surface area contributed by atoms with E-state index in [0.29, 0.717) is 13.2 Å². The highest BCUT2D eigenvalue weighted by Gasteiger charge is 2.24. The molecule has 3 rings (SSSR count). The number of rotatable bonds is 7. The molecule has 0 amide bonds. The Morgan fingerprint density at radius 2 is 1.13 bits per heavy atom. The van der Waals surface area contributed by atoms with E-state index in [1.807, 2.05) is 32.0 Å². The van der Waals surface area contributed by atoms with E-state index in [0.717, 1.165) is 6.42 Å². The first-order valence-electron chi connectivity index (χ1n) is 10.2. The molecule has 3 aromatic carbocycles. The first-order chi connectivity index (χ1) is 15.3. The van der Waals surface area contributed by atoms with E-state index in [1.54, 1.807) is 6.26 Å². The van der Waals surface area contributed by atoms with Crippen LogP contribution in [0.25, 0.3) is 0 Å². The van der Waals surface area contributed by atoms with Crippen molar-refractivity contribution in [1.29, 1.82) is 0 Å². The molecular weight excluding hydrogens is 401 g/mol. The predicted molar refractivity (Wildman–Crippen MR) is 136 cm³/mol.